The van der Waals surface area contributed by atoms with Crippen molar-refractivity contribution < 1.29 is 22.3 Å². The van der Waals surface area contributed by atoms with Crippen LogP contribution >= 0.6 is 0 Å². The van der Waals surface area contributed by atoms with Crippen LogP contribution in [-0.4, -0.2) is 26.7 Å². The second kappa shape index (κ2) is 6.85. The van der Waals surface area contributed by atoms with Crippen LogP contribution in [-0.2, 0) is 10.0 Å². The molecule has 0 spiro atoms. The van der Waals surface area contributed by atoms with Crippen LogP contribution in [0.25, 0.3) is 0 Å². The van der Waals surface area contributed by atoms with Crippen LogP contribution in [0.4, 0.5) is 14.5 Å². The minimum Gasteiger partial charge on any atom is -0.396 e. The van der Waals surface area contributed by atoms with Gasteiger partial charge >= 0.3 is 0 Å². The molecule has 0 aliphatic rings. The number of hydrogen-bond donors (Lipinski definition) is 1. The predicted octanol–water partition coefficient (Wildman–Crippen LogP) is 2.54. The maximum atomic E-state index is 13.8. The van der Waals surface area contributed by atoms with Gasteiger partial charge in [-0.25, -0.2) is 17.2 Å². The van der Waals surface area contributed by atoms with E-state index in [9.17, 15) is 17.2 Å². The van der Waals surface area contributed by atoms with E-state index in [2.05, 4.69) is 0 Å². The third-order valence-corrected chi connectivity index (χ3v) is 4.91. The quantitative estimate of drug-likeness (QED) is 0.887. The predicted molar refractivity (Wildman–Crippen MR) is 79.0 cm³/mol. The van der Waals surface area contributed by atoms with E-state index < -0.39 is 26.6 Å². The molecule has 2 aromatic carbocycles. The number of sulfonamides is 1. The molecule has 22 heavy (non-hydrogen) atoms. The summed E-state index contributed by atoms with van der Waals surface area (Å²) in [4.78, 5) is -0.989. The Kier molecular flexibility index (Phi) is 5.10. The van der Waals surface area contributed by atoms with Gasteiger partial charge in [0.15, 0.2) is 4.90 Å². The normalized spacial score (nSPS) is 11.4. The lowest BCUT2D eigenvalue weighted by Crippen LogP contribution is -2.33. The van der Waals surface area contributed by atoms with Crippen molar-refractivity contribution in [3.05, 3.63) is 60.2 Å². The van der Waals surface area contributed by atoms with Crippen LogP contribution in [0.1, 0.15) is 6.42 Å². The van der Waals surface area contributed by atoms with Crippen LogP contribution in [0.3, 0.4) is 0 Å². The van der Waals surface area contributed by atoms with Crippen molar-refractivity contribution in [2.24, 2.45) is 0 Å². The molecule has 0 unspecified atom stereocenters. The summed E-state index contributed by atoms with van der Waals surface area (Å²) >= 11 is 0. The van der Waals surface area contributed by atoms with Crippen LogP contribution in [0.5, 0.6) is 0 Å². The summed E-state index contributed by atoms with van der Waals surface area (Å²) in [5, 5.41) is 8.94. The molecule has 0 fully saturated rings. The molecule has 2 rings (SSSR count). The number of halogens is 2. The Bertz CT molecular complexity index is 715. The maximum absolute atomic E-state index is 13.8. The van der Waals surface area contributed by atoms with Gasteiger partial charge in [-0.15, -0.1) is 0 Å². The molecule has 0 bridgehead atoms. The maximum Gasteiger partial charge on any atom is 0.270 e. The first-order valence-corrected chi connectivity index (χ1v) is 8.05. The van der Waals surface area contributed by atoms with Gasteiger partial charge in [0.1, 0.15) is 11.6 Å². The molecule has 0 saturated carbocycles. The number of benzene rings is 2. The third-order valence-electron chi connectivity index (χ3n) is 3.03. The minimum absolute atomic E-state index is 0.0867. The second-order valence-corrected chi connectivity index (χ2v) is 6.34. The fourth-order valence-electron chi connectivity index (χ4n) is 2.04. The van der Waals surface area contributed by atoms with E-state index in [4.69, 9.17) is 5.11 Å². The molecule has 7 heteroatoms. The van der Waals surface area contributed by atoms with Gasteiger partial charge in [-0.1, -0.05) is 24.3 Å². The molecule has 0 radical (unpaired) electrons. The van der Waals surface area contributed by atoms with E-state index in [1.807, 2.05) is 0 Å². The Morgan fingerprint density at radius 2 is 1.55 bits per heavy atom. The average Bonchev–Trinajstić information content (AvgIpc) is 2.48. The lowest BCUT2D eigenvalue weighted by atomic mass is 10.3. The summed E-state index contributed by atoms with van der Waals surface area (Å²) in [6.45, 7) is -0.324. The molecule has 118 valence electrons. The number of aliphatic hydroxyl groups is 1. The van der Waals surface area contributed by atoms with Crippen LogP contribution < -0.4 is 4.31 Å². The Labute approximate surface area is 127 Å². The van der Waals surface area contributed by atoms with Gasteiger partial charge in [0, 0.05) is 13.2 Å². The van der Waals surface area contributed by atoms with Crippen LogP contribution in [0, 0.1) is 11.6 Å². The molecular formula is C15H15F2NO3S. The SMILES string of the molecule is O=S(=O)(c1c(F)cccc1F)N(CCCO)c1ccccc1. The minimum atomic E-state index is -4.42. The van der Waals surface area contributed by atoms with E-state index in [0.29, 0.717) is 0 Å². The first-order valence-electron chi connectivity index (χ1n) is 6.61. The zero-order valence-corrected chi connectivity index (χ0v) is 12.4. The Morgan fingerprint density at radius 3 is 2.09 bits per heavy atom. The number of anilines is 1. The van der Waals surface area contributed by atoms with E-state index in [-0.39, 0.29) is 25.3 Å². The lowest BCUT2D eigenvalue weighted by molar-refractivity contribution is 0.291. The van der Waals surface area contributed by atoms with Crippen molar-refractivity contribution in [3.8, 4) is 0 Å². The molecule has 1 N–H and O–H groups in total. The van der Waals surface area contributed by atoms with Crippen LogP contribution in [0.15, 0.2) is 53.4 Å². The van der Waals surface area contributed by atoms with Gasteiger partial charge in [0.05, 0.1) is 5.69 Å². The van der Waals surface area contributed by atoms with Gasteiger partial charge in [-0.2, -0.15) is 0 Å². The van der Waals surface area contributed by atoms with Crippen molar-refractivity contribution in [1.29, 1.82) is 0 Å². The zero-order chi connectivity index (χ0) is 16.2. The molecule has 0 heterocycles. The Morgan fingerprint density at radius 1 is 0.955 bits per heavy atom. The molecule has 0 atom stereocenters. The third kappa shape index (κ3) is 3.26. The summed E-state index contributed by atoms with van der Waals surface area (Å²) in [6.07, 6.45) is 0.143. The molecule has 0 aromatic heterocycles. The highest BCUT2D eigenvalue weighted by molar-refractivity contribution is 7.92. The summed E-state index contributed by atoms with van der Waals surface area (Å²) in [7, 11) is -4.42. The van der Waals surface area contributed by atoms with E-state index >= 15 is 0 Å². The number of nitrogens with zero attached hydrogens (tertiary/aromatic N) is 1. The van der Waals surface area contributed by atoms with Crippen molar-refractivity contribution in [2.75, 3.05) is 17.5 Å². The molecule has 0 saturated heterocycles. The topological polar surface area (TPSA) is 57.6 Å². The van der Waals surface area contributed by atoms with E-state index in [1.165, 1.54) is 12.1 Å². The smallest absolute Gasteiger partial charge is 0.270 e. The van der Waals surface area contributed by atoms with Crippen molar-refractivity contribution >= 4 is 15.7 Å². The molecular weight excluding hydrogens is 312 g/mol. The molecule has 2 aromatic rings. The summed E-state index contributed by atoms with van der Waals surface area (Å²) in [6, 6.07) is 10.9. The summed E-state index contributed by atoms with van der Waals surface area (Å²) in [5.74, 6) is -2.30. The highest BCUT2D eigenvalue weighted by atomic mass is 32.2. The first-order chi connectivity index (χ1) is 10.5. The Balaban J connectivity index is 2.55. The van der Waals surface area contributed by atoms with E-state index in [0.717, 1.165) is 22.5 Å². The second-order valence-electron chi connectivity index (χ2n) is 4.54. The van der Waals surface area contributed by atoms with Crippen LogP contribution in [0.2, 0.25) is 0 Å². The lowest BCUT2D eigenvalue weighted by Gasteiger charge is -2.24. The highest BCUT2D eigenvalue weighted by Gasteiger charge is 2.30. The van der Waals surface area contributed by atoms with Gasteiger partial charge in [0.2, 0.25) is 0 Å². The van der Waals surface area contributed by atoms with Gasteiger partial charge in [0.25, 0.3) is 10.0 Å². The van der Waals surface area contributed by atoms with E-state index in [1.54, 1.807) is 18.2 Å². The standard InChI is InChI=1S/C15H15F2NO3S/c16-13-8-4-9-14(17)15(13)22(20,21)18(10-5-11-19)12-6-2-1-3-7-12/h1-4,6-9,19H,5,10-11H2. The fraction of sp³-hybridized carbons (Fsp3) is 0.200. The van der Waals surface area contributed by atoms with Gasteiger partial charge < -0.3 is 5.11 Å². The van der Waals surface area contributed by atoms with Gasteiger partial charge in [-0.05, 0) is 30.7 Å². The van der Waals surface area contributed by atoms with Crippen molar-refractivity contribution in [3.63, 3.8) is 0 Å². The average molecular weight is 327 g/mol. The molecule has 0 aliphatic heterocycles. The zero-order valence-electron chi connectivity index (χ0n) is 11.6. The van der Waals surface area contributed by atoms with Crippen molar-refractivity contribution in [2.45, 2.75) is 11.3 Å². The van der Waals surface area contributed by atoms with Crippen molar-refractivity contribution in [1.82, 2.24) is 0 Å². The number of hydrogen-bond acceptors (Lipinski definition) is 3. The number of aliphatic hydroxyl groups excluding tert-OH is 1. The molecule has 0 aliphatic carbocycles. The largest absolute Gasteiger partial charge is 0.396 e. The summed E-state index contributed by atoms with van der Waals surface area (Å²) in [5.41, 5.74) is 0.276. The summed E-state index contributed by atoms with van der Waals surface area (Å²) < 4.78 is 53.9. The first kappa shape index (κ1) is 16.4. The number of para-hydroxylation sites is 1. The molecule has 0 amide bonds. The monoisotopic (exact) mass is 327 g/mol. The number of rotatable bonds is 6. The highest BCUT2D eigenvalue weighted by Crippen LogP contribution is 2.27. The Hall–Kier alpha value is -1.99. The van der Waals surface area contributed by atoms with Gasteiger partial charge in [-0.3, -0.25) is 4.31 Å². The molecule has 4 nitrogen and oxygen atoms in total. The fourth-order valence-corrected chi connectivity index (χ4v) is 3.65.